The molecule has 0 aliphatic heterocycles. The lowest BCUT2D eigenvalue weighted by Crippen LogP contribution is -2.21. The van der Waals surface area contributed by atoms with Gasteiger partial charge in [0.25, 0.3) is 0 Å². The number of ether oxygens (including phenoxy) is 1. The molecule has 0 spiro atoms. The first-order chi connectivity index (χ1) is 8.05. The Hall–Kier alpha value is -1.00. The molecular formula is C9H17N2O5P. The molecule has 0 amide bonds. The standard InChI is InChI=1S/C9H17N2O5P/c1-4-7-14-9(12)8(11-10)17(13,15-5-2)16-6-3/h4-7H2,1-3H3. The van der Waals surface area contributed by atoms with E-state index in [1.54, 1.807) is 20.8 Å². The fourth-order valence-electron chi connectivity index (χ4n) is 0.966. The summed E-state index contributed by atoms with van der Waals surface area (Å²) < 4.78 is 26.6. The molecule has 0 unspecified atom stereocenters. The number of hydrogen-bond acceptors (Lipinski definition) is 5. The summed E-state index contributed by atoms with van der Waals surface area (Å²) in [6.45, 7) is 5.20. The molecule has 0 heterocycles. The van der Waals surface area contributed by atoms with E-state index in [4.69, 9.17) is 19.3 Å². The molecule has 0 fully saturated rings. The SMILES string of the molecule is CCCOC(=O)C(=[N+]=[N-])P(=O)(OCC)OCC. The Bertz CT molecular complexity index is 341. The van der Waals surface area contributed by atoms with Crippen molar-refractivity contribution in [3.05, 3.63) is 5.53 Å². The number of esters is 1. The zero-order valence-electron chi connectivity index (χ0n) is 10.2. The van der Waals surface area contributed by atoms with Crippen molar-refractivity contribution < 1.29 is 27.9 Å². The molecule has 17 heavy (non-hydrogen) atoms. The zero-order valence-corrected chi connectivity index (χ0v) is 11.1. The Morgan fingerprint density at radius 1 is 1.24 bits per heavy atom. The minimum absolute atomic E-state index is 0.0529. The molecule has 0 rings (SSSR count). The summed E-state index contributed by atoms with van der Waals surface area (Å²) in [6.07, 6.45) is 0.595. The van der Waals surface area contributed by atoms with Gasteiger partial charge in [0.1, 0.15) is 0 Å². The van der Waals surface area contributed by atoms with Crippen molar-refractivity contribution in [2.75, 3.05) is 19.8 Å². The largest absolute Gasteiger partial charge is 0.484 e. The van der Waals surface area contributed by atoms with Gasteiger partial charge in [-0.15, -0.1) is 4.79 Å². The fourth-order valence-corrected chi connectivity index (χ4v) is 2.36. The Labute approximate surface area is 100 Å². The van der Waals surface area contributed by atoms with Gasteiger partial charge in [-0.25, -0.2) is 9.36 Å². The third-order valence-corrected chi connectivity index (χ3v) is 3.56. The summed E-state index contributed by atoms with van der Waals surface area (Å²) in [5.41, 5.74) is 8.01. The predicted molar refractivity (Wildman–Crippen MR) is 60.7 cm³/mol. The van der Waals surface area contributed by atoms with Crippen LogP contribution in [0.3, 0.4) is 0 Å². The molecule has 0 aromatic carbocycles. The number of hydrogen-bond donors (Lipinski definition) is 0. The highest BCUT2D eigenvalue weighted by Crippen LogP contribution is 2.49. The lowest BCUT2D eigenvalue weighted by Gasteiger charge is -2.11. The molecule has 0 radical (unpaired) electrons. The quantitative estimate of drug-likeness (QED) is 0.219. The summed E-state index contributed by atoms with van der Waals surface area (Å²) in [4.78, 5) is 14.2. The van der Waals surface area contributed by atoms with Crippen LogP contribution < -0.4 is 0 Å². The molecule has 0 N–H and O–H groups in total. The van der Waals surface area contributed by atoms with Crippen LogP contribution in [0.2, 0.25) is 0 Å². The van der Waals surface area contributed by atoms with Crippen molar-refractivity contribution in [2.45, 2.75) is 27.2 Å². The van der Waals surface area contributed by atoms with E-state index in [1.165, 1.54) is 0 Å². The zero-order chi connectivity index (χ0) is 13.3. The molecule has 0 saturated heterocycles. The topological polar surface area (TPSA) is 98.2 Å². The highest BCUT2D eigenvalue weighted by Gasteiger charge is 2.46. The van der Waals surface area contributed by atoms with Gasteiger partial charge in [0, 0.05) is 0 Å². The van der Waals surface area contributed by atoms with E-state index < -0.39 is 19.0 Å². The summed E-state index contributed by atoms with van der Waals surface area (Å²) >= 11 is 0. The Morgan fingerprint density at radius 3 is 2.12 bits per heavy atom. The maximum absolute atomic E-state index is 12.1. The Balaban J connectivity index is 4.99. The Morgan fingerprint density at radius 2 is 1.76 bits per heavy atom. The van der Waals surface area contributed by atoms with Gasteiger partial charge in [0.05, 0.1) is 19.8 Å². The number of rotatable bonds is 8. The minimum atomic E-state index is -3.90. The molecule has 0 aliphatic carbocycles. The van der Waals surface area contributed by atoms with E-state index >= 15 is 0 Å². The van der Waals surface area contributed by atoms with Gasteiger partial charge in [0.2, 0.25) is 0 Å². The molecule has 0 bridgehead atoms. The minimum Gasteiger partial charge on any atom is -0.457 e. The average Bonchev–Trinajstić information content (AvgIpc) is 2.27. The molecule has 0 aliphatic rings. The molecule has 0 saturated carbocycles. The van der Waals surface area contributed by atoms with Crippen molar-refractivity contribution >= 4 is 19.0 Å². The van der Waals surface area contributed by atoms with Crippen LogP contribution >= 0.6 is 7.60 Å². The lowest BCUT2D eigenvalue weighted by molar-refractivity contribution is -0.139. The maximum Gasteiger partial charge on any atom is 0.484 e. The van der Waals surface area contributed by atoms with Crippen LogP contribution in [0.4, 0.5) is 0 Å². The maximum atomic E-state index is 12.1. The van der Waals surface area contributed by atoms with Crippen molar-refractivity contribution in [3.63, 3.8) is 0 Å². The molecule has 0 aromatic heterocycles. The van der Waals surface area contributed by atoms with Crippen molar-refractivity contribution in [2.24, 2.45) is 0 Å². The first-order valence-electron chi connectivity index (χ1n) is 5.34. The van der Waals surface area contributed by atoms with E-state index in [9.17, 15) is 9.36 Å². The average molecular weight is 264 g/mol. The summed E-state index contributed by atoms with van der Waals surface area (Å²) in [5, 5.41) is 0. The lowest BCUT2D eigenvalue weighted by atomic mass is 10.5. The van der Waals surface area contributed by atoms with Crippen LogP contribution in [0, 0.1) is 0 Å². The van der Waals surface area contributed by atoms with Crippen LogP contribution in [0.1, 0.15) is 27.2 Å². The molecule has 0 atom stereocenters. The van der Waals surface area contributed by atoms with Crippen LogP contribution in [0.25, 0.3) is 5.53 Å². The van der Waals surface area contributed by atoms with Crippen LogP contribution in [0.15, 0.2) is 0 Å². The molecular weight excluding hydrogens is 247 g/mol. The fraction of sp³-hybridized carbons (Fsp3) is 0.778. The Kier molecular flexibility index (Phi) is 7.66. The van der Waals surface area contributed by atoms with Crippen LogP contribution in [-0.4, -0.2) is 36.0 Å². The molecule has 7 nitrogen and oxygen atoms in total. The molecule has 0 aromatic rings. The van der Waals surface area contributed by atoms with E-state index in [2.05, 4.69) is 4.79 Å². The normalized spacial score (nSPS) is 10.8. The van der Waals surface area contributed by atoms with Gasteiger partial charge in [-0.1, -0.05) is 6.92 Å². The number of nitrogens with zero attached hydrogens (tertiary/aromatic N) is 2. The van der Waals surface area contributed by atoms with E-state index in [0.29, 0.717) is 6.42 Å². The van der Waals surface area contributed by atoms with Crippen molar-refractivity contribution in [1.29, 1.82) is 0 Å². The smallest absolute Gasteiger partial charge is 0.457 e. The van der Waals surface area contributed by atoms with Crippen molar-refractivity contribution in [1.82, 2.24) is 0 Å². The third-order valence-electron chi connectivity index (χ3n) is 1.57. The van der Waals surface area contributed by atoms with Gasteiger partial charge in [-0.05, 0) is 20.3 Å². The van der Waals surface area contributed by atoms with E-state index in [0.717, 1.165) is 0 Å². The summed E-state index contributed by atoms with van der Waals surface area (Å²) in [5.74, 6) is -1.00. The van der Waals surface area contributed by atoms with Gasteiger partial charge in [0.15, 0.2) is 0 Å². The highest BCUT2D eigenvalue weighted by atomic mass is 31.2. The van der Waals surface area contributed by atoms with Crippen LogP contribution in [0.5, 0.6) is 0 Å². The van der Waals surface area contributed by atoms with Gasteiger partial charge >= 0.3 is 19.0 Å². The van der Waals surface area contributed by atoms with Gasteiger partial charge < -0.3 is 19.3 Å². The second-order valence-corrected chi connectivity index (χ2v) is 4.83. The molecule has 8 heteroatoms. The first-order valence-corrected chi connectivity index (χ1v) is 6.88. The number of carbonyl (C=O) groups is 1. The monoisotopic (exact) mass is 264 g/mol. The van der Waals surface area contributed by atoms with E-state index in [1.807, 2.05) is 0 Å². The van der Waals surface area contributed by atoms with Crippen molar-refractivity contribution in [3.8, 4) is 0 Å². The predicted octanol–water partition coefficient (Wildman–Crippen LogP) is 1.83. The van der Waals surface area contributed by atoms with Crippen LogP contribution in [-0.2, 0) is 23.1 Å². The molecule has 98 valence electrons. The second-order valence-electron chi connectivity index (χ2n) is 2.89. The summed E-state index contributed by atoms with van der Waals surface area (Å²) in [7, 11) is -3.90. The van der Waals surface area contributed by atoms with Gasteiger partial charge in [-0.3, -0.25) is 0 Å². The highest BCUT2D eigenvalue weighted by molar-refractivity contribution is 7.74. The number of carbonyl (C=O) groups excluding carboxylic acids is 1. The van der Waals surface area contributed by atoms with Gasteiger partial charge in [-0.2, -0.15) is 0 Å². The first kappa shape index (κ1) is 16.0. The summed E-state index contributed by atoms with van der Waals surface area (Å²) in [6, 6.07) is 0. The second kappa shape index (κ2) is 8.14. The third kappa shape index (κ3) is 4.79. The van der Waals surface area contributed by atoms with E-state index in [-0.39, 0.29) is 19.8 Å².